The molecule has 1 unspecified atom stereocenters. The third-order valence-electron chi connectivity index (χ3n) is 4.04. The highest BCUT2D eigenvalue weighted by Gasteiger charge is 2.26. The molecule has 3 heteroatoms. The highest BCUT2D eigenvalue weighted by molar-refractivity contribution is 5.43. The Morgan fingerprint density at radius 2 is 2.10 bits per heavy atom. The Labute approximate surface area is 123 Å². The molecule has 0 aromatic carbocycles. The zero-order valence-electron chi connectivity index (χ0n) is 13.4. The quantitative estimate of drug-likeness (QED) is 0.783. The van der Waals surface area contributed by atoms with Gasteiger partial charge in [0.2, 0.25) is 0 Å². The summed E-state index contributed by atoms with van der Waals surface area (Å²) in [4.78, 5) is 7.05. The van der Waals surface area contributed by atoms with Crippen molar-refractivity contribution < 1.29 is 0 Å². The van der Waals surface area contributed by atoms with E-state index in [-0.39, 0.29) is 0 Å². The van der Waals surface area contributed by atoms with Crippen LogP contribution >= 0.6 is 0 Å². The highest BCUT2D eigenvalue weighted by atomic mass is 15.2. The lowest BCUT2D eigenvalue weighted by Gasteiger charge is -2.28. The van der Waals surface area contributed by atoms with Gasteiger partial charge in [0, 0.05) is 24.8 Å². The maximum absolute atomic E-state index is 4.60. The van der Waals surface area contributed by atoms with Gasteiger partial charge in [-0.2, -0.15) is 0 Å². The smallest absolute Gasteiger partial charge is 0.129 e. The molecule has 1 aromatic rings. The molecule has 1 saturated carbocycles. The van der Waals surface area contributed by atoms with E-state index in [9.17, 15) is 0 Å². The summed E-state index contributed by atoms with van der Waals surface area (Å²) in [6, 6.07) is 5.30. The van der Waals surface area contributed by atoms with Crippen molar-refractivity contribution in [1.82, 2.24) is 10.3 Å². The second kappa shape index (κ2) is 7.07. The molecule has 1 aromatic heterocycles. The van der Waals surface area contributed by atoms with Gasteiger partial charge >= 0.3 is 0 Å². The Hall–Kier alpha value is -1.09. The second-order valence-electron chi connectivity index (χ2n) is 6.31. The Kier molecular flexibility index (Phi) is 5.41. The second-order valence-corrected chi connectivity index (χ2v) is 6.31. The van der Waals surface area contributed by atoms with Crippen LogP contribution in [0.2, 0.25) is 0 Å². The molecule has 0 spiro atoms. The molecule has 1 heterocycles. The minimum Gasteiger partial charge on any atom is -0.354 e. The molecule has 0 bridgehead atoms. The van der Waals surface area contributed by atoms with E-state index in [0.29, 0.717) is 12.1 Å². The van der Waals surface area contributed by atoms with Gasteiger partial charge in [-0.1, -0.05) is 6.92 Å². The summed E-state index contributed by atoms with van der Waals surface area (Å²) in [6.07, 6.45) is 5.90. The maximum Gasteiger partial charge on any atom is 0.129 e. The topological polar surface area (TPSA) is 28.2 Å². The van der Waals surface area contributed by atoms with Crippen LogP contribution in [-0.4, -0.2) is 24.1 Å². The fourth-order valence-corrected chi connectivity index (χ4v) is 2.49. The molecule has 1 aliphatic rings. The van der Waals surface area contributed by atoms with Gasteiger partial charge in [-0.05, 0) is 70.2 Å². The minimum atomic E-state index is 0.395. The molecule has 1 fully saturated rings. The summed E-state index contributed by atoms with van der Waals surface area (Å²) in [5.74, 6) is 2.02. The zero-order valence-corrected chi connectivity index (χ0v) is 13.4. The fraction of sp³-hybridized carbons (Fsp3) is 0.706. The molecular weight excluding hydrogens is 246 g/mol. The molecule has 20 heavy (non-hydrogen) atoms. The van der Waals surface area contributed by atoms with Gasteiger partial charge in [-0.25, -0.2) is 4.98 Å². The molecular formula is C17H29N3. The van der Waals surface area contributed by atoms with Crippen molar-refractivity contribution in [3.63, 3.8) is 0 Å². The molecule has 3 nitrogen and oxygen atoms in total. The molecule has 0 amide bonds. The van der Waals surface area contributed by atoms with E-state index in [1.54, 1.807) is 0 Å². The van der Waals surface area contributed by atoms with Crippen LogP contribution in [0.5, 0.6) is 0 Å². The van der Waals surface area contributed by atoms with Gasteiger partial charge in [0.25, 0.3) is 0 Å². The average molecular weight is 275 g/mol. The average Bonchev–Trinajstić information content (AvgIpc) is 3.26. The third kappa shape index (κ3) is 4.20. The van der Waals surface area contributed by atoms with Crippen molar-refractivity contribution in [2.45, 2.75) is 59.0 Å². The van der Waals surface area contributed by atoms with Gasteiger partial charge in [0.05, 0.1) is 0 Å². The SMILES string of the molecule is CCCNC(C)c1ccnc(N(CC2CC2)C(C)C)c1. The molecule has 112 valence electrons. The number of nitrogens with one attached hydrogen (secondary N) is 1. The van der Waals surface area contributed by atoms with Gasteiger partial charge in [-0.3, -0.25) is 0 Å². The lowest BCUT2D eigenvalue weighted by atomic mass is 10.1. The summed E-state index contributed by atoms with van der Waals surface area (Å²) < 4.78 is 0. The first-order chi connectivity index (χ1) is 9.61. The normalized spacial score (nSPS) is 16.4. The molecule has 1 atom stereocenters. The van der Waals surface area contributed by atoms with Crippen LogP contribution in [0.15, 0.2) is 18.3 Å². The number of rotatable bonds is 8. The summed E-state index contributed by atoms with van der Waals surface area (Å²) in [5.41, 5.74) is 1.34. The highest BCUT2D eigenvalue weighted by Crippen LogP contribution is 2.32. The van der Waals surface area contributed by atoms with Crippen molar-refractivity contribution >= 4 is 5.82 Å². The first-order valence-electron chi connectivity index (χ1n) is 8.07. The van der Waals surface area contributed by atoms with Crippen molar-refractivity contribution in [2.24, 2.45) is 5.92 Å². The van der Waals surface area contributed by atoms with Crippen molar-refractivity contribution in [3.8, 4) is 0 Å². The summed E-state index contributed by atoms with van der Waals surface area (Å²) in [6.45, 7) is 11.2. The monoisotopic (exact) mass is 275 g/mol. The summed E-state index contributed by atoms with van der Waals surface area (Å²) in [7, 11) is 0. The third-order valence-corrected chi connectivity index (χ3v) is 4.04. The number of aromatic nitrogens is 1. The van der Waals surface area contributed by atoms with Crippen LogP contribution in [0.3, 0.4) is 0 Å². The number of hydrogen-bond donors (Lipinski definition) is 1. The molecule has 0 saturated heterocycles. The van der Waals surface area contributed by atoms with E-state index in [4.69, 9.17) is 0 Å². The summed E-state index contributed by atoms with van der Waals surface area (Å²) in [5, 5.41) is 3.55. The number of pyridine rings is 1. The largest absolute Gasteiger partial charge is 0.354 e. The molecule has 0 radical (unpaired) electrons. The minimum absolute atomic E-state index is 0.395. The van der Waals surface area contributed by atoms with Crippen molar-refractivity contribution in [3.05, 3.63) is 23.9 Å². The standard InChI is InChI=1S/C17H29N3/c1-5-9-18-14(4)16-8-10-19-17(11-16)20(13(2)3)12-15-6-7-15/h8,10-11,13-15,18H,5-7,9,12H2,1-4H3. The van der Waals surface area contributed by atoms with E-state index >= 15 is 0 Å². The lowest BCUT2D eigenvalue weighted by molar-refractivity contribution is 0.568. The Morgan fingerprint density at radius 3 is 2.70 bits per heavy atom. The van der Waals surface area contributed by atoms with Crippen LogP contribution in [0, 0.1) is 5.92 Å². The van der Waals surface area contributed by atoms with Gasteiger partial charge in [-0.15, -0.1) is 0 Å². The van der Waals surface area contributed by atoms with Gasteiger partial charge < -0.3 is 10.2 Å². The van der Waals surface area contributed by atoms with E-state index < -0.39 is 0 Å². The van der Waals surface area contributed by atoms with E-state index in [1.807, 2.05) is 6.20 Å². The Morgan fingerprint density at radius 1 is 1.35 bits per heavy atom. The Balaban J connectivity index is 2.09. The van der Waals surface area contributed by atoms with Crippen LogP contribution in [0.25, 0.3) is 0 Å². The van der Waals surface area contributed by atoms with E-state index in [0.717, 1.165) is 24.8 Å². The molecule has 0 aliphatic heterocycles. The predicted octanol–water partition coefficient (Wildman–Crippen LogP) is 3.77. The van der Waals surface area contributed by atoms with Gasteiger partial charge in [0.1, 0.15) is 5.82 Å². The predicted molar refractivity (Wildman–Crippen MR) is 86.2 cm³/mol. The zero-order chi connectivity index (χ0) is 14.5. The fourth-order valence-electron chi connectivity index (χ4n) is 2.49. The van der Waals surface area contributed by atoms with Crippen LogP contribution in [0.4, 0.5) is 5.82 Å². The molecule has 1 aliphatic carbocycles. The first-order valence-corrected chi connectivity index (χ1v) is 8.07. The number of nitrogens with zero attached hydrogens (tertiary/aromatic N) is 2. The van der Waals surface area contributed by atoms with Crippen LogP contribution in [-0.2, 0) is 0 Å². The van der Waals surface area contributed by atoms with Crippen molar-refractivity contribution in [2.75, 3.05) is 18.0 Å². The first kappa shape index (κ1) is 15.3. The number of hydrogen-bond acceptors (Lipinski definition) is 3. The van der Waals surface area contributed by atoms with Crippen LogP contribution in [0.1, 0.15) is 58.6 Å². The lowest BCUT2D eigenvalue weighted by Crippen LogP contribution is -2.33. The number of anilines is 1. The summed E-state index contributed by atoms with van der Waals surface area (Å²) >= 11 is 0. The maximum atomic E-state index is 4.60. The Bertz CT molecular complexity index is 412. The van der Waals surface area contributed by atoms with E-state index in [2.05, 4.69) is 55.0 Å². The molecule has 2 rings (SSSR count). The molecule has 1 N–H and O–H groups in total. The van der Waals surface area contributed by atoms with Crippen LogP contribution < -0.4 is 10.2 Å². The van der Waals surface area contributed by atoms with Gasteiger partial charge in [0.15, 0.2) is 0 Å². The van der Waals surface area contributed by atoms with E-state index in [1.165, 1.54) is 24.8 Å². The van der Waals surface area contributed by atoms with Crippen molar-refractivity contribution in [1.29, 1.82) is 0 Å².